The van der Waals surface area contributed by atoms with Crippen LogP contribution in [0.5, 0.6) is 0 Å². The van der Waals surface area contributed by atoms with Gasteiger partial charge in [-0.1, -0.05) is 12.8 Å². The highest BCUT2D eigenvalue weighted by Gasteiger charge is 2.42. The molecule has 1 aliphatic carbocycles. The maximum atomic E-state index is 6.02. The van der Waals surface area contributed by atoms with Crippen molar-refractivity contribution in [1.29, 1.82) is 0 Å². The van der Waals surface area contributed by atoms with Crippen molar-refractivity contribution < 1.29 is 9.47 Å². The number of hydrogen-bond acceptors (Lipinski definition) is 3. The van der Waals surface area contributed by atoms with Crippen LogP contribution in [-0.4, -0.2) is 25.0 Å². The minimum Gasteiger partial charge on any atom is -0.346 e. The highest BCUT2D eigenvalue weighted by atomic mass is 16.7. The SMILES string of the molecule is N[C@@H]1CCCCCC12OCCO2. The van der Waals surface area contributed by atoms with Gasteiger partial charge in [0, 0.05) is 6.42 Å². The van der Waals surface area contributed by atoms with E-state index in [1.54, 1.807) is 0 Å². The van der Waals surface area contributed by atoms with Gasteiger partial charge in [-0.25, -0.2) is 0 Å². The van der Waals surface area contributed by atoms with E-state index in [2.05, 4.69) is 0 Å². The largest absolute Gasteiger partial charge is 0.346 e. The smallest absolute Gasteiger partial charge is 0.183 e. The monoisotopic (exact) mass is 171 g/mol. The minimum atomic E-state index is -0.406. The normalized spacial score (nSPS) is 35.2. The zero-order valence-corrected chi connectivity index (χ0v) is 7.42. The fourth-order valence-corrected chi connectivity index (χ4v) is 2.15. The van der Waals surface area contributed by atoms with Crippen LogP contribution < -0.4 is 5.73 Å². The molecule has 1 spiro atoms. The summed E-state index contributed by atoms with van der Waals surface area (Å²) in [6.07, 6.45) is 5.69. The van der Waals surface area contributed by atoms with Crippen LogP contribution in [0.4, 0.5) is 0 Å². The molecule has 2 aliphatic rings. The Balaban J connectivity index is 2.08. The zero-order chi connectivity index (χ0) is 8.44. The number of rotatable bonds is 0. The third-order valence-electron chi connectivity index (χ3n) is 2.88. The molecule has 1 saturated carbocycles. The van der Waals surface area contributed by atoms with Crippen molar-refractivity contribution in [1.82, 2.24) is 0 Å². The summed E-state index contributed by atoms with van der Waals surface area (Å²) in [5.41, 5.74) is 6.02. The van der Waals surface area contributed by atoms with Crippen LogP contribution in [0, 0.1) is 0 Å². The molecular weight excluding hydrogens is 154 g/mol. The summed E-state index contributed by atoms with van der Waals surface area (Å²) < 4.78 is 11.3. The van der Waals surface area contributed by atoms with Crippen LogP contribution in [0.15, 0.2) is 0 Å². The van der Waals surface area contributed by atoms with Gasteiger partial charge in [-0.2, -0.15) is 0 Å². The van der Waals surface area contributed by atoms with Crippen molar-refractivity contribution in [3.05, 3.63) is 0 Å². The summed E-state index contributed by atoms with van der Waals surface area (Å²) in [6.45, 7) is 1.43. The molecule has 0 aromatic carbocycles. The van der Waals surface area contributed by atoms with Crippen LogP contribution in [0.3, 0.4) is 0 Å². The Bertz CT molecular complexity index is 155. The van der Waals surface area contributed by atoms with Crippen molar-refractivity contribution in [2.45, 2.75) is 43.9 Å². The van der Waals surface area contributed by atoms with Gasteiger partial charge in [0.05, 0.1) is 19.3 Å². The van der Waals surface area contributed by atoms with Gasteiger partial charge in [-0.05, 0) is 12.8 Å². The molecule has 3 heteroatoms. The number of nitrogens with two attached hydrogens (primary N) is 1. The lowest BCUT2D eigenvalue weighted by molar-refractivity contribution is -0.175. The minimum absolute atomic E-state index is 0.0856. The van der Waals surface area contributed by atoms with E-state index in [1.165, 1.54) is 19.3 Å². The molecule has 3 nitrogen and oxygen atoms in total. The van der Waals surface area contributed by atoms with Gasteiger partial charge in [0.15, 0.2) is 5.79 Å². The molecule has 12 heavy (non-hydrogen) atoms. The summed E-state index contributed by atoms with van der Waals surface area (Å²) in [6, 6.07) is 0.0856. The lowest BCUT2D eigenvalue weighted by Crippen LogP contribution is -2.48. The van der Waals surface area contributed by atoms with Crippen molar-refractivity contribution in [2.24, 2.45) is 5.73 Å². The topological polar surface area (TPSA) is 44.5 Å². The van der Waals surface area contributed by atoms with Gasteiger partial charge in [0.2, 0.25) is 0 Å². The predicted molar refractivity (Wildman–Crippen MR) is 45.7 cm³/mol. The molecule has 2 N–H and O–H groups in total. The van der Waals surface area contributed by atoms with E-state index in [4.69, 9.17) is 15.2 Å². The van der Waals surface area contributed by atoms with Crippen molar-refractivity contribution in [2.75, 3.05) is 13.2 Å². The van der Waals surface area contributed by atoms with E-state index in [0.717, 1.165) is 12.8 Å². The highest BCUT2D eigenvalue weighted by molar-refractivity contribution is 4.87. The number of hydrogen-bond donors (Lipinski definition) is 1. The van der Waals surface area contributed by atoms with Gasteiger partial charge >= 0.3 is 0 Å². The fourth-order valence-electron chi connectivity index (χ4n) is 2.15. The Morgan fingerprint density at radius 1 is 1.08 bits per heavy atom. The lowest BCUT2D eigenvalue weighted by atomic mass is 10.0. The van der Waals surface area contributed by atoms with E-state index in [9.17, 15) is 0 Å². The molecule has 1 aliphatic heterocycles. The maximum absolute atomic E-state index is 6.02. The summed E-state index contributed by atoms with van der Waals surface area (Å²) >= 11 is 0. The Morgan fingerprint density at radius 3 is 2.58 bits per heavy atom. The van der Waals surface area contributed by atoms with Crippen LogP contribution in [0.2, 0.25) is 0 Å². The van der Waals surface area contributed by atoms with Gasteiger partial charge in [0.25, 0.3) is 0 Å². The second-order valence-electron chi connectivity index (χ2n) is 3.71. The van der Waals surface area contributed by atoms with E-state index in [-0.39, 0.29) is 6.04 Å². The molecule has 1 saturated heterocycles. The average Bonchev–Trinajstić information content (AvgIpc) is 2.45. The molecule has 0 unspecified atom stereocenters. The Hall–Kier alpha value is -0.120. The molecule has 0 amide bonds. The summed E-state index contributed by atoms with van der Waals surface area (Å²) in [5, 5.41) is 0. The van der Waals surface area contributed by atoms with Crippen LogP contribution in [-0.2, 0) is 9.47 Å². The Morgan fingerprint density at radius 2 is 1.83 bits per heavy atom. The van der Waals surface area contributed by atoms with E-state index in [0.29, 0.717) is 13.2 Å². The number of ether oxygens (including phenoxy) is 2. The van der Waals surface area contributed by atoms with Gasteiger partial charge in [-0.3, -0.25) is 0 Å². The average molecular weight is 171 g/mol. The zero-order valence-electron chi connectivity index (χ0n) is 7.42. The molecule has 1 atom stereocenters. The first-order valence-electron chi connectivity index (χ1n) is 4.87. The predicted octanol–water partition coefficient (Wildman–Crippen LogP) is 1.02. The molecule has 2 fully saturated rings. The van der Waals surface area contributed by atoms with Gasteiger partial charge < -0.3 is 15.2 Å². The second-order valence-corrected chi connectivity index (χ2v) is 3.71. The molecule has 0 radical (unpaired) electrons. The molecule has 1 heterocycles. The Kier molecular flexibility index (Phi) is 2.35. The van der Waals surface area contributed by atoms with E-state index < -0.39 is 5.79 Å². The molecule has 70 valence electrons. The molecule has 0 aromatic rings. The van der Waals surface area contributed by atoms with Crippen LogP contribution in [0.1, 0.15) is 32.1 Å². The van der Waals surface area contributed by atoms with Crippen molar-refractivity contribution >= 4 is 0 Å². The van der Waals surface area contributed by atoms with Crippen LogP contribution in [0.25, 0.3) is 0 Å². The summed E-state index contributed by atoms with van der Waals surface area (Å²) in [4.78, 5) is 0. The van der Waals surface area contributed by atoms with E-state index in [1.807, 2.05) is 0 Å². The van der Waals surface area contributed by atoms with Crippen molar-refractivity contribution in [3.63, 3.8) is 0 Å². The lowest BCUT2D eigenvalue weighted by Gasteiger charge is -2.31. The molecule has 0 aromatic heterocycles. The molecular formula is C9H17NO2. The summed E-state index contributed by atoms with van der Waals surface area (Å²) in [7, 11) is 0. The Labute approximate surface area is 73.2 Å². The third-order valence-corrected chi connectivity index (χ3v) is 2.88. The maximum Gasteiger partial charge on any atom is 0.183 e. The van der Waals surface area contributed by atoms with Crippen molar-refractivity contribution in [3.8, 4) is 0 Å². The second kappa shape index (κ2) is 3.32. The quantitative estimate of drug-likeness (QED) is 0.592. The summed E-state index contributed by atoms with van der Waals surface area (Å²) in [5.74, 6) is -0.406. The van der Waals surface area contributed by atoms with Gasteiger partial charge in [-0.15, -0.1) is 0 Å². The fraction of sp³-hybridized carbons (Fsp3) is 1.00. The first-order valence-corrected chi connectivity index (χ1v) is 4.87. The van der Waals surface area contributed by atoms with E-state index >= 15 is 0 Å². The van der Waals surface area contributed by atoms with Crippen LogP contribution >= 0.6 is 0 Å². The third kappa shape index (κ3) is 1.37. The standard InChI is InChI=1S/C9H17NO2/c10-8-4-2-1-3-5-9(8)11-6-7-12-9/h8H,1-7,10H2/t8-/m1/s1. The molecule has 0 bridgehead atoms. The first-order chi connectivity index (χ1) is 5.83. The molecule has 2 rings (SSSR count). The first kappa shape index (κ1) is 8.48. The van der Waals surface area contributed by atoms with Gasteiger partial charge in [0.1, 0.15) is 0 Å². The highest BCUT2D eigenvalue weighted by Crippen LogP contribution is 2.33.